The van der Waals surface area contributed by atoms with E-state index in [1.54, 1.807) is 6.92 Å². The molecule has 0 spiro atoms. The number of hydrogen-bond donors (Lipinski definition) is 1. The van der Waals surface area contributed by atoms with Gasteiger partial charge in [0.1, 0.15) is 0 Å². The molecule has 112 valence electrons. The van der Waals surface area contributed by atoms with Crippen molar-refractivity contribution in [3.05, 3.63) is 0 Å². The molecule has 1 unspecified atom stereocenters. The second-order valence-corrected chi connectivity index (χ2v) is 7.45. The van der Waals surface area contributed by atoms with E-state index in [4.69, 9.17) is 11.6 Å². The number of carbonyl (C=O) groups is 1. The Bertz CT molecular complexity index is 392. The van der Waals surface area contributed by atoms with Gasteiger partial charge < -0.3 is 5.32 Å². The summed E-state index contributed by atoms with van der Waals surface area (Å²) in [5, 5.41) is 2.93. The lowest BCUT2D eigenvalue weighted by Crippen LogP contribution is -2.48. The van der Waals surface area contributed by atoms with Gasteiger partial charge >= 0.3 is 0 Å². The SMILES string of the molecule is CCCS(=O)(=O)N1CCC(NC(=O)C(C)CCl)CC1. The molecule has 1 rings (SSSR count). The fraction of sp³-hybridized carbons (Fsp3) is 0.917. The fourth-order valence-electron chi connectivity index (χ4n) is 2.08. The smallest absolute Gasteiger partial charge is 0.224 e. The summed E-state index contributed by atoms with van der Waals surface area (Å²) in [5.74, 6) is 0.247. The lowest BCUT2D eigenvalue weighted by atomic mass is 10.1. The monoisotopic (exact) mass is 310 g/mol. The van der Waals surface area contributed by atoms with Crippen molar-refractivity contribution < 1.29 is 13.2 Å². The van der Waals surface area contributed by atoms with Crippen LogP contribution in [0.2, 0.25) is 0 Å². The molecular formula is C12H23ClN2O3S. The van der Waals surface area contributed by atoms with Gasteiger partial charge in [-0.15, -0.1) is 11.6 Å². The Balaban J connectivity index is 2.43. The van der Waals surface area contributed by atoms with Crippen LogP contribution in [0.1, 0.15) is 33.1 Å². The second kappa shape index (κ2) is 7.45. The van der Waals surface area contributed by atoms with Gasteiger partial charge in [0.15, 0.2) is 0 Å². The molecule has 1 amide bonds. The van der Waals surface area contributed by atoms with Crippen LogP contribution in [-0.4, -0.2) is 49.4 Å². The molecule has 1 atom stereocenters. The van der Waals surface area contributed by atoms with Crippen LogP contribution in [-0.2, 0) is 14.8 Å². The minimum Gasteiger partial charge on any atom is -0.353 e. The number of amides is 1. The van der Waals surface area contributed by atoms with Crippen molar-refractivity contribution in [3.8, 4) is 0 Å². The number of hydrogen-bond acceptors (Lipinski definition) is 3. The Morgan fingerprint density at radius 1 is 1.42 bits per heavy atom. The highest BCUT2D eigenvalue weighted by Crippen LogP contribution is 2.15. The predicted molar refractivity (Wildman–Crippen MR) is 76.7 cm³/mol. The highest BCUT2D eigenvalue weighted by Gasteiger charge is 2.28. The largest absolute Gasteiger partial charge is 0.353 e. The maximum Gasteiger partial charge on any atom is 0.224 e. The first kappa shape index (κ1) is 16.7. The molecule has 0 aromatic rings. The summed E-state index contributed by atoms with van der Waals surface area (Å²) in [4.78, 5) is 11.7. The van der Waals surface area contributed by atoms with Crippen LogP contribution in [0.15, 0.2) is 0 Å². The average molecular weight is 311 g/mol. The molecule has 1 saturated heterocycles. The number of nitrogens with zero attached hydrogens (tertiary/aromatic N) is 1. The first-order valence-electron chi connectivity index (χ1n) is 6.74. The fourth-order valence-corrected chi connectivity index (χ4v) is 3.76. The third kappa shape index (κ3) is 4.93. The summed E-state index contributed by atoms with van der Waals surface area (Å²) >= 11 is 5.63. The summed E-state index contributed by atoms with van der Waals surface area (Å²) in [6, 6.07) is 0.0613. The van der Waals surface area contributed by atoms with E-state index < -0.39 is 10.0 Å². The first-order valence-corrected chi connectivity index (χ1v) is 8.89. The van der Waals surface area contributed by atoms with Gasteiger partial charge in [-0.25, -0.2) is 12.7 Å². The van der Waals surface area contributed by atoms with E-state index in [1.165, 1.54) is 4.31 Å². The van der Waals surface area contributed by atoms with Crippen molar-refractivity contribution in [3.63, 3.8) is 0 Å². The second-order valence-electron chi connectivity index (χ2n) is 5.05. The molecule has 0 radical (unpaired) electrons. The highest BCUT2D eigenvalue weighted by molar-refractivity contribution is 7.89. The Kier molecular flexibility index (Phi) is 6.56. The predicted octanol–water partition coefficient (Wildman–Crippen LogP) is 1.18. The summed E-state index contributed by atoms with van der Waals surface area (Å²) in [7, 11) is -3.11. The number of alkyl halides is 1. The minimum atomic E-state index is -3.11. The number of piperidine rings is 1. The van der Waals surface area contributed by atoms with Gasteiger partial charge in [-0.05, 0) is 19.3 Å². The third-order valence-electron chi connectivity index (χ3n) is 3.33. The summed E-state index contributed by atoms with van der Waals surface area (Å²) in [6.45, 7) is 4.62. The van der Waals surface area contributed by atoms with Crippen molar-refractivity contribution in [2.75, 3.05) is 24.7 Å². The van der Waals surface area contributed by atoms with E-state index in [9.17, 15) is 13.2 Å². The van der Waals surface area contributed by atoms with Gasteiger partial charge in [0.25, 0.3) is 0 Å². The maximum atomic E-state index is 11.9. The van der Waals surface area contributed by atoms with Gasteiger partial charge in [0.05, 0.1) is 5.75 Å². The van der Waals surface area contributed by atoms with Crippen LogP contribution in [0.5, 0.6) is 0 Å². The summed E-state index contributed by atoms with van der Waals surface area (Å²) < 4.78 is 25.3. The molecule has 1 heterocycles. The number of rotatable bonds is 6. The molecule has 0 saturated carbocycles. The van der Waals surface area contributed by atoms with Crippen LogP contribution >= 0.6 is 11.6 Å². The van der Waals surface area contributed by atoms with Crippen molar-refractivity contribution in [1.29, 1.82) is 0 Å². The average Bonchev–Trinajstić information content (AvgIpc) is 2.38. The molecule has 19 heavy (non-hydrogen) atoms. The molecule has 5 nitrogen and oxygen atoms in total. The number of carbonyl (C=O) groups excluding carboxylic acids is 1. The van der Waals surface area contributed by atoms with E-state index in [1.807, 2.05) is 6.92 Å². The van der Waals surface area contributed by atoms with Crippen molar-refractivity contribution in [1.82, 2.24) is 9.62 Å². The normalized spacial score (nSPS) is 20.2. The molecular weight excluding hydrogens is 288 g/mol. The van der Waals surface area contributed by atoms with Gasteiger partial charge in [-0.3, -0.25) is 4.79 Å². The minimum absolute atomic E-state index is 0.0511. The lowest BCUT2D eigenvalue weighted by Gasteiger charge is -2.32. The maximum absolute atomic E-state index is 11.9. The Labute approximate surface area is 120 Å². The van der Waals surface area contributed by atoms with Crippen molar-refractivity contribution in [2.24, 2.45) is 5.92 Å². The lowest BCUT2D eigenvalue weighted by molar-refractivity contribution is -0.124. The van der Waals surface area contributed by atoms with E-state index in [0.717, 1.165) is 0 Å². The molecule has 7 heteroatoms. The van der Waals surface area contributed by atoms with Crippen molar-refractivity contribution >= 4 is 27.5 Å². The van der Waals surface area contributed by atoms with Crippen molar-refractivity contribution in [2.45, 2.75) is 39.2 Å². The van der Waals surface area contributed by atoms with Gasteiger partial charge in [-0.2, -0.15) is 0 Å². The molecule has 1 aliphatic heterocycles. The standard InChI is InChI=1S/C12H23ClN2O3S/c1-3-8-19(17,18)15-6-4-11(5-7-15)14-12(16)10(2)9-13/h10-11H,3-9H2,1-2H3,(H,14,16). The molecule has 0 bridgehead atoms. The Morgan fingerprint density at radius 3 is 2.47 bits per heavy atom. The van der Waals surface area contributed by atoms with E-state index in [0.29, 0.717) is 38.2 Å². The van der Waals surface area contributed by atoms with Crippen LogP contribution in [0.4, 0.5) is 0 Å². The highest BCUT2D eigenvalue weighted by atomic mass is 35.5. The van der Waals surface area contributed by atoms with Gasteiger partial charge in [-0.1, -0.05) is 13.8 Å². The molecule has 1 aliphatic rings. The number of nitrogens with one attached hydrogen (secondary N) is 1. The Morgan fingerprint density at radius 2 is 2.00 bits per heavy atom. The molecule has 0 aromatic heterocycles. The summed E-state index contributed by atoms with van der Waals surface area (Å²) in [5.41, 5.74) is 0. The van der Waals surface area contributed by atoms with Gasteiger partial charge in [0, 0.05) is 30.9 Å². The van der Waals surface area contributed by atoms with E-state index in [-0.39, 0.29) is 23.6 Å². The van der Waals surface area contributed by atoms with E-state index in [2.05, 4.69) is 5.32 Å². The Hall–Kier alpha value is -0.330. The quantitative estimate of drug-likeness (QED) is 0.749. The first-order chi connectivity index (χ1) is 8.90. The molecule has 1 fully saturated rings. The molecule has 0 aliphatic carbocycles. The van der Waals surface area contributed by atoms with Crippen LogP contribution in [0.25, 0.3) is 0 Å². The van der Waals surface area contributed by atoms with Gasteiger partial charge in [0.2, 0.25) is 15.9 Å². The topological polar surface area (TPSA) is 66.5 Å². The molecule has 1 N–H and O–H groups in total. The van der Waals surface area contributed by atoms with Crippen LogP contribution < -0.4 is 5.32 Å². The number of halogens is 1. The van der Waals surface area contributed by atoms with E-state index >= 15 is 0 Å². The third-order valence-corrected chi connectivity index (χ3v) is 5.87. The number of sulfonamides is 1. The zero-order chi connectivity index (χ0) is 14.5. The van der Waals surface area contributed by atoms with Crippen LogP contribution in [0, 0.1) is 5.92 Å². The zero-order valence-electron chi connectivity index (χ0n) is 11.6. The zero-order valence-corrected chi connectivity index (χ0v) is 13.1. The molecule has 0 aromatic carbocycles. The van der Waals surface area contributed by atoms with Crippen LogP contribution in [0.3, 0.4) is 0 Å². The summed E-state index contributed by atoms with van der Waals surface area (Å²) in [6.07, 6.45) is 1.97.